The summed E-state index contributed by atoms with van der Waals surface area (Å²) in [6.07, 6.45) is 0. The van der Waals surface area contributed by atoms with E-state index in [-0.39, 0.29) is 0 Å². The van der Waals surface area contributed by atoms with Crippen LogP contribution >= 0.6 is 0 Å². The van der Waals surface area contributed by atoms with E-state index in [4.69, 9.17) is 19.4 Å². The lowest BCUT2D eigenvalue weighted by Crippen LogP contribution is -1.96. The second-order valence-corrected chi connectivity index (χ2v) is 11.2. The van der Waals surface area contributed by atoms with Crippen LogP contribution in [0.2, 0.25) is 0 Å². The molecular formula is C41H25N3O. The number of para-hydroxylation sites is 2. The number of benzene rings is 6. The average molecular weight is 576 g/mol. The number of fused-ring (bicyclic) bond motifs is 7. The molecule has 0 spiro atoms. The third kappa shape index (κ3) is 4.27. The van der Waals surface area contributed by atoms with Gasteiger partial charge in [-0.05, 0) is 30.3 Å². The molecule has 0 saturated heterocycles. The zero-order valence-electron chi connectivity index (χ0n) is 24.2. The fourth-order valence-electron chi connectivity index (χ4n) is 6.34. The first-order valence-electron chi connectivity index (χ1n) is 15.0. The molecular weight excluding hydrogens is 550 g/mol. The molecule has 0 atom stereocenters. The van der Waals surface area contributed by atoms with Gasteiger partial charge in [0.1, 0.15) is 11.2 Å². The maximum Gasteiger partial charge on any atom is 0.160 e. The summed E-state index contributed by atoms with van der Waals surface area (Å²) in [4.78, 5) is 15.2. The van der Waals surface area contributed by atoms with Gasteiger partial charge in [0.2, 0.25) is 0 Å². The standard InChI is InChI=1S/C41H25N3O/c1-3-11-26(12-4-1)34-25-35(44-41(43-34)29-13-5-2-6-14-29)27-19-21-28(22-20-27)40-32-23-24-37-39(31-16-8-10-18-36(31)45-37)38(32)30-15-7-9-17-33(30)42-40/h1-25H. The van der Waals surface area contributed by atoms with Crippen molar-refractivity contribution in [2.45, 2.75) is 0 Å². The summed E-state index contributed by atoms with van der Waals surface area (Å²) < 4.78 is 6.27. The van der Waals surface area contributed by atoms with Gasteiger partial charge in [0, 0.05) is 49.2 Å². The summed E-state index contributed by atoms with van der Waals surface area (Å²) in [5, 5.41) is 5.62. The van der Waals surface area contributed by atoms with E-state index in [1.165, 1.54) is 0 Å². The van der Waals surface area contributed by atoms with Gasteiger partial charge in [-0.3, -0.25) is 0 Å². The van der Waals surface area contributed by atoms with Crippen LogP contribution in [-0.4, -0.2) is 15.0 Å². The van der Waals surface area contributed by atoms with E-state index < -0.39 is 0 Å². The molecule has 4 nitrogen and oxygen atoms in total. The number of rotatable bonds is 4. The van der Waals surface area contributed by atoms with Gasteiger partial charge in [0.15, 0.2) is 5.82 Å². The predicted molar refractivity (Wildman–Crippen MR) is 184 cm³/mol. The minimum absolute atomic E-state index is 0.703. The molecule has 45 heavy (non-hydrogen) atoms. The highest BCUT2D eigenvalue weighted by molar-refractivity contribution is 6.28. The van der Waals surface area contributed by atoms with Gasteiger partial charge in [-0.15, -0.1) is 0 Å². The minimum atomic E-state index is 0.703. The first-order valence-corrected chi connectivity index (χ1v) is 15.0. The lowest BCUT2D eigenvalue weighted by molar-refractivity contribution is 0.669. The molecule has 6 aromatic carbocycles. The summed E-state index contributed by atoms with van der Waals surface area (Å²) in [5.41, 5.74) is 9.54. The van der Waals surface area contributed by atoms with Crippen LogP contribution in [0.15, 0.2) is 156 Å². The highest BCUT2D eigenvalue weighted by Gasteiger charge is 2.17. The Morgan fingerprint density at radius 3 is 1.73 bits per heavy atom. The molecule has 0 bridgehead atoms. The lowest BCUT2D eigenvalue weighted by atomic mass is 9.95. The van der Waals surface area contributed by atoms with Crippen LogP contribution in [0.4, 0.5) is 0 Å². The molecule has 0 radical (unpaired) electrons. The van der Waals surface area contributed by atoms with Gasteiger partial charge in [-0.1, -0.05) is 121 Å². The SMILES string of the molecule is c1ccc(-c2cc(-c3ccc(-c4nc5ccccc5c5c4ccc4oc6ccccc6c45)cc3)nc(-c3ccccc3)n2)cc1. The van der Waals surface area contributed by atoms with Crippen molar-refractivity contribution in [2.75, 3.05) is 0 Å². The van der Waals surface area contributed by atoms with Crippen LogP contribution in [0.5, 0.6) is 0 Å². The Labute approximate surface area is 259 Å². The molecule has 0 saturated carbocycles. The van der Waals surface area contributed by atoms with Crippen molar-refractivity contribution in [3.8, 4) is 45.2 Å². The topological polar surface area (TPSA) is 51.8 Å². The van der Waals surface area contributed by atoms with Gasteiger partial charge in [-0.2, -0.15) is 0 Å². The quantitative estimate of drug-likeness (QED) is 0.196. The summed E-state index contributed by atoms with van der Waals surface area (Å²) in [6, 6.07) is 51.9. The largest absolute Gasteiger partial charge is 0.456 e. The summed E-state index contributed by atoms with van der Waals surface area (Å²) in [6.45, 7) is 0. The predicted octanol–water partition coefficient (Wildman–Crippen LogP) is 10.7. The van der Waals surface area contributed by atoms with Crippen molar-refractivity contribution in [1.29, 1.82) is 0 Å². The van der Waals surface area contributed by atoms with Gasteiger partial charge >= 0.3 is 0 Å². The summed E-state index contributed by atoms with van der Waals surface area (Å²) in [5.74, 6) is 0.703. The molecule has 0 N–H and O–H groups in total. The molecule has 9 rings (SSSR count). The highest BCUT2D eigenvalue weighted by atomic mass is 16.3. The summed E-state index contributed by atoms with van der Waals surface area (Å²) in [7, 11) is 0. The molecule has 0 aliphatic carbocycles. The van der Waals surface area contributed by atoms with Crippen molar-refractivity contribution in [1.82, 2.24) is 15.0 Å². The third-order valence-electron chi connectivity index (χ3n) is 8.49. The van der Waals surface area contributed by atoms with Gasteiger partial charge in [-0.25, -0.2) is 15.0 Å². The smallest absolute Gasteiger partial charge is 0.160 e. The van der Waals surface area contributed by atoms with Crippen LogP contribution in [0.3, 0.4) is 0 Å². The van der Waals surface area contributed by atoms with Crippen LogP contribution in [-0.2, 0) is 0 Å². The number of hydrogen-bond donors (Lipinski definition) is 0. The van der Waals surface area contributed by atoms with Crippen molar-refractivity contribution in [3.05, 3.63) is 152 Å². The van der Waals surface area contributed by atoms with Gasteiger partial charge in [0.25, 0.3) is 0 Å². The molecule has 0 amide bonds. The van der Waals surface area contributed by atoms with Crippen LogP contribution in [0, 0.1) is 0 Å². The summed E-state index contributed by atoms with van der Waals surface area (Å²) >= 11 is 0. The van der Waals surface area contributed by atoms with E-state index in [1.807, 2.05) is 66.7 Å². The lowest BCUT2D eigenvalue weighted by Gasteiger charge is -2.12. The molecule has 0 fully saturated rings. The molecule has 3 aromatic heterocycles. The molecule has 0 aliphatic rings. The van der Waals surface area contributed by atoms with Gasteiger partial charge < -0.3 is 4.42 Å². The average Bonchev–Trinajstić information content (AvgIpc) is 3.51. The Kier molecular flexibility index (Phi) is 5.78. The Morgan fingerprint density at radius 2 is 0.978 bits per heavy atom. The second kappa shape index (κ2) is 10.2. The van der Waals surface area contributed by atoms with Crippen molar-refractivity contribution in [2.24, 2.45) is 0 Å². The second-order valence-electron chi connectivity index (χ2n) is 11.2. The van der Waals surface area contributed by atoms with Crippen LogP contribution in [0.25, 0.3) is 88.8 Å². The first-order chi connectivity index (χ1) is 22.3. The maximum absolute atomic E-state index is 6.27. The van der Waals surface area contributed by atoms with Crippen molar-refractivity contribution >= 4 is 43.6 Å². The Hall–Kier alpha value is -6.13. The fraction of sp³-hybridized carbons (Fsp3) is 0. The number of hydrogen-bond acceptors (Lipinski definition) is 4. The van der Waals surface area contributed by atoms with E-state index in [2.05, 4.69) is 84.9 Å². The van der Waals surface area contributed by atoms with E-state index in [1.54, 1.807) is 0 Å². The van der Waals surface area contributed by atoms with E-state index in [0.717, 1.165) is 82.9 Å². The first kappa shape index (κ1) is 25.4. The highest BCUT2D eigenvalue weighted by Crippen LogP contribution is 2.41. The zero-order valence-corrected chi connectivity index (χ0v) is 24.2. The molecule has 0 unspecified atom stereocenters. The third-order valence-corrected chi connectivity index (χ3v) is 8.49. The van der Waals surface area contributed by atoms with Crippen LogP contribution < -0.4 is 0 Å². The maximum atomic E-state index is 6.27. The zero-order chi connectivity index (χ0) is 29.7. The van der Waals surface area contributed by atoms with Crippen molar-refractivity contribution in [3.63, 3.8) is 0 Å². The molecule has 210 valence electrons. The number of nitrogens with zero attached hydrogens (tertiary/aromatic N) is 3. The fourth-order valence-corrected chi connectivity index (χ4v) is 6.34. The Balaban J connectivity index is 1.22. The Bertz CT molecular complexity index is 2460. The number of furan rings is 1. The molecule has 3 heterocycles. The van der Waals surface area contributed by atoms with E-state index >= 15 is 0 Å². The van der Waals surface area contributed by atoms with Crippen molar-refractivity contribution < 1.29 is 4.42 Å². The monoisotopic (exact) mass is 575 g/mol. The molecule has 4 heteroatoms. The molecule has 9 aromatic rings. The molecule has 0 aliphatic heterocycles. The normalized spacial score (nSPS) is 11.6. The number of pyridine rings is 1. The van der Waals surface area contributed by atoms with Crippen LogP contribution in [0.1, 0.15) is 0 Å². The van der Waals surface area contributed by atoms with E-state index in [0.29, 0.717) is 5.82 Å². The van der Waals surface area contributed by atoms with E-state index in [9.17, 15) is 0 Å². The Morgan fingerprint density at radius 1 is 0.378 bits per heavy atom. The minimum Gasteiger partial charge on any atom is -0.456 e. The number of aromatic nitrogens is 3. The van der Waals surface area contributed by atoms with Gasteiger partial charge in [0.05, 0.1) is 22.6 Å².